The first-order valence-corrected chi connectivity index (χ1v) is 21.5. The van der Waals surface area contributed by atoms with E-state index in [2.05, 4.69) is 69.5 Å². The number of aromatic nitrogens is 2. The average molecular weight is 861 g/mol. The van der Waals surface area contributed by atoms with Gasteiger partial charge in [0.1, 0.15) is 18.5 Å². The lowest BCUT2D eigenvalue weighted by Crippen LogP contribution is -2.54. The van der Waals surface area contributed by atoms with Crippen LogP contribution in [0.2, 0.25) is 0 Å². The molecule has 0 radical (unpaired) electrons. The number of amides is 5. The molecule has 4 aliphatic heterocycles. The van der Waals surface area contributed by atoms with Crippen molar-refractivity contribution in [2.75, 3.05) is 94.1 Å². The molecule has 0 aliphatic carbocycles. The van der Waals surface area contributed by atoms with Crippen molar-refractivity contribution >= 4 is 57.5 Å². The summed E-state index contributed by atoms with van der Waals surface area (Å²) >= 11 is 0. The number of piperidine rings is 1. The van der Waals surface area contributed by atoms with Gasteiger partial charge in [0, 0.05) is 67.5 Å². The van der Waals surface area contributed by atoms with E-state index in [1.54, 1.807) is 18.2 Å². The van der Waals surface area contributed by atoms with Gasteiger partial charge in [0.25, 0.3) is 11.8 Å². The molecule has 0 bridgehead atoms. The molecule has 63 heavy (non-hydrogen) atoms. The Balaban J connectivity index is 0.772. The van der Waals surface area contributed by atoms with E-state index in [1.807, 2.05) is 11.8 Å². The van der Waals surface area contributed by atoms with Crippen LogP contribution in [0.5, 0.6) is 6.01 Å². The third kappa shape index (κ3) is 9.50. The molecule has 17 nitrogen and oxygen atoms in total. The largest absolute Gasteiger partial charge is 0.461 e. The number of hydrogen-bond donors (Lipinski definition) is 2. The van der Waals surface area contributed by atoms with Crippen molar-refractivity contribution in [3.05, 3.63) is 95.7 Å². The van der Waals surface area contributed by atoms with Gasteiger partial charge in [-0.15, -0.1) is 0 Å². The zero-order valence-corrected chi connectivity index (χ0v) is 35.4. The Labute approximate surface area is 365 Å². The van der Waals surface area contributed by atoms with Crippen LogP contribution < -0.4 is 25.2 Å². The van der Waals surface area contributed by atoms with Crippen molar-refractivity contribution in [2.24, 2.45) is 0 Å². The highest BCUT2D eigenvalue weighted by Gasteiger charge is 2.45. The Hall–Kier alpha value is -6.43. The molecule has 8 rings (SSSR count). The molecule has 2 atom stereocenters. The SMILES string of the molecule is C=CC(=O)N1CCN(c2nc(OCCOCCOCCOCCNc3cccc4c3C(=O)N(C3CCC(=O)NC3=O)C4=O)nc3c2CCN(c2cccc4ccccc24)C3)CC1C. The molecule has 330 valence electrons. The fourth-order valence-corrected chi connectivity index (χ4v) is 8.65. The zero-order chi connectivity index (χ0) is 43.9. The van der Waals surface area contributed by atoms with Crippen molar-refractivity contribution in [3.63, 3.8) is 0 Å². The quantitative estimate of drug-likeness (QED) is 0.0844. The van der Waals surface area contributed by atoms with Crippen LogP contribution in [0.4, 0.5) is 17.2 Å². The van der Waals surface area contributed by atoms with Gasteiger partial charge in [0.2, 0.25) is 17.7 Å². The van der Waals surface area contributed by atoms with E-state index in [-0.39, 0.29) is 48.5 Å². The summed E-state index contributed by atoms with van der Waals surface area (Å²) in [6, 6.07) is 19.0. The van der Waals surface area contributed by atoms with Crippen LogP contribution in [0.25, 0.3) is 10.8 Å². The van der Waals surface area contributed by atoms with Gasteiger partial charge in [-0.25, -0.2) is 0 Å². The standard InChI is InChI=1S/C46H52N8O9/c1-3-40(56)53-20-19-52(28-30(53)2)42-33-16-18-51(37-13-6-9-31-8-4-5-10-32(31)37)29-36(33)48-46(50-42)63-27-26-62-25-24-61-23-22-60-21-17-47-35-12-7-11-34-41(35)45(59)54(44(34)58)38-14-15-39(55)49-43(38)57/h3-13,30,38,47H,1,14-29H2,2H3,(H,49,55,57). The molecule has 4 aromatic rings. The molecular weight excluding hydrogens is 809 g/mol. The minimum absolute atomic E-state index is 0.0138. The Morgan fingerprint density at radius 2 is 1.59 bits per heavy atom. The molecule has 0 saturated carbocycles. The summed E-state index contributed by atoms with van der Waals surface area (Å²) in [4.78, 5) is 80.1. The van der Waals surface area contributed by atoms with Gasteiger partial charge in [0.05, 0.1) is 63.0 Å². The van der Waals surface area contributed by atoms with E-state index in [1.165, 1.54) is 16.8 Å². The van der Waals surface area contributed by atoms with Gasteiger partial charge in [-0.3, -0.25) is 34.2 Å². The molecule has 2 saturated heterocycles. The number of benzene rings is 3. The highest BCUT2D eigenvalue weighted by Crippen LogP contribution is 2.35. The number of anilines is 3. The number of rotatable bonds is 18. The van der Waals surface area contributed by atoms with E-state index in [9.17, 15) is 24.0 Å². The van der Waals surface area contributed by atoms with E-state index >= 15 is 0 Å². The Bertz CT molecular complexity index is 2390. The number of nitrogens with one attached hydrogen (secondary N) is 2. The first-order chi connectivity index (χ1) is 30.7. The van der Waals surface area contributed by atoms with E-state index < -0.39 is 29.7 Å². The molecule has 1 aromatic heterocycles. The number of carbonyl (C=O) groups is 5. The summed E-state index contributed by atoms with van der Waals surface area (Å²) < 4.78 is 23.3. The summed E-state index contributed by atoms with van der Waals surface area (Å²) in [6.07, 6.45) is 2.29. The number of hydrogen-bond acceptors (Lipinski definition) is 14. The van der Waals surface area contributed by atoms with Crippen molar-refractivity contribution < 1.29 is 42.9 Å². The van der Waals surface area contributed by atoms with Crippen LogP contribution in [0.1, 0.15) is 51.7 Å². The second-order valence-corrected chi connectivity index (χ2v) is 15.7. The molecule has 5 heterocycles. The lowest BCUT2D eigenvalue weighted by molar-refractivity contribution is -0.136. The zero-order valence-electron chi connectivity index (χ0n) is 35.4. The van der Waals surface area contributed by atoms with Crippen LogP contribution in [0.15, 0.2) is 73.3 Å². The van der Waals surface area contributed by atoms with Crippen LogP contribution in [0.3, 0.4) is 0 Å². The Morgan fingerprint density at radius 3 is 2.37 bits per heavy atom. The van der Waals surface area contributed by atoms with E-state index in [4.69, 9.17) is 28.9 Å². The second-order valence-electron chi connectivity index (χ2n) is 15.7. The first-order valence-electron chi connectivity index (χ1n) is 21.5. The van der Waals surface area contributed by atoms with Gasteiger partial charge >= 0.3 is 6.01 Å². The van der Waals surface area contributed by atoms with Gasteiger partial charge in [0.15, 0.2) is 0 Å². The summed E-state index contributed by atoms with van der Waals surface area (Å²) in [5, 5.41) is 7.75. The van der Waals surface area contributed by atoms with Crippen molar-refractivity contribution in [3.8, 4) is 6.01 Å². The predicted molar refractivity (Wildman–Crippen MR) is 234 cm³/mol. The predicted octanol–water partition coefficient (Wildman–Crippen LogP) is 3.36. The highest BCUT2D eigenvalue weighted by molar-refractivity contribution is 6.25. The smallest absolute Gasteiger partial charge is 0.318 e. The number of ether oxygens (including phenoxy) is 4. The average Bonchev–Trinajstić information content (AvgIpc) is 3.55. The number of fused-ring (bicyclic) bond motifs is 3. The summed E-state index contributed by atoms with van der Waals surface area (Å²) in [5.74, 6) is -1.41. The number of nitrogens with zero attached hydrogens (tertiary/aromatic N) is 6. The lowest BCUT2D eigenvalue weighted by Gasteiger charge is -2.41. The van der Waals surface area contributed by atoms with Crippen LogP contribution in [-0.4, -0.2) is 140 Å². The maximum absolute atomic E-state index is 13.3. The molecule has 17 heteroatoms. The number of imide groups is 2. The van der Waals surface area contributed by atoms with Crippen LogP contribution in [-0.2, 0) is 41.6 Å². The minimum Gasteiger partial charge on any atom is -0.461 e. The van der Waals surface area contributed by atoms with Gasteiger partial charge in [-0.2, -0.15) is 9.97 Å². The number of carbonyl (C=O) groups excluding carboxylic acids is 5. The molecule has 4 aliphatic rings. The monoisotopic (exact) mass is 860 g/mol. The molecule has 2 fully saturated rings. The fourth-order valence-electron chi connectivity index (χ4n) is 8.65. The van der Waals surface area contributed by atoms with Crippen LogP contribution in [0, 0.1) is 0 Å². The third-order valence-electron chi connectivity index (χ3n) is 11.7. The highest BCUT2D eigenvalue weighted by atomic mass is 16.6. The summed E-state index contributed by atoms with van der Waals surface area (Å²) in [7, 11) is 0. The van der Waals surface area contributed by atoms with Crippen molar-refractivity contribution in [1.29, 1.82) is 0 Å². The fraction of sp³-hybridized carbons (Fsp3) is 0.413. The van der Waals surface area contributed by atoms with Crippen molar-refractivity contribution in [2.45, 2.75) is 44.8 Å². The summed E-state index contributed by atoms with van der Waals surface area (Å²) in [5.41, 5.74) is 4.08. The van der Waals surface area contributed by atoms with Crippen molar-refractivity contribution in [1.82, 2.24) is 25.1 Å². The Morgan fingerprint density at radius 1 is 0.841 bits per heavy atom. The topological polar surface area (TPSA) is 185 Å². The normalized spacial score (nSPS) is 18.7. The molecule has 2 N–H and O–H groups in total. The van der Waals surface area contributed by atoms with Gasteiger partial charge < -0.3 is 39.0 Å². The van der Waals surface area contributed by atoms with E-state index in [0.717, 1.165) is 40.6 Å². The molecular formula is C46H52N8O9. The molecule has 5 amide bonds. The van der Waals surface area contributed by atoms with Crippen LogP contribution >= 0.6 is 0 Å². The van der Waals surface area contributed by atoms with E-state index in [0.29, 0.717) is 78.1 Å². The Kier molecular flexibility index (Phi) is 13.5. The van der Waals surface area contributed by atoms with Gasteiger partial charge in [-0.1, -0.05) is 49.0 Å². The maximum Gasteiger partial charge on any atom is 0.318 e. The second kappa shape index (κ2) is 19.7. The first kappa shape index (κ1) is 43.2. The lowest BCUT2D eigenvalue weighted by atomic mass is 10.0. The molecule has 2 unspecified atom stereocenters. The maximum atomic E-state index is 13.3. The molecule has 3 aromatic carbocycles. The molecule has 0 spiro atoms. The third-order valence-corrected chi connectivity index (χ3v) is 11.7. The number of piperazine rings is 1. The van der Waals surface area contributed by atoms with Gasteiger partial charge in [-0.05, 0) is 49.4 Å². The minimum atomic E-state index is -1.02. The summed E-state index contributed by atoms with van der Waals surface area (Å²) in [6.45, 7) is 11.6.